The smallest absolute Gasteiger partial charge is 0.320 e. The van der Waals surface area contributed by atoms with E-state index < -0.39 is 0 Å². The number of ketones is 1. The van der Waals surface area contributed by atoms with Gasteiger partial charge in [-0.1, -0.05) is 6.42 Å². The van der Waals surface area contributed by atoms with Gasteiger partial charge in [0.15, 0.2) is 5.78 Å². The largest absolute Gasteiger partial charge is 0.368 e. The summed E-state index contributed by atoms with van der Waals surface area (Å²) in [7, 11) is 0. The minimum atomic E-state index is 0.0920. The molecule has 0 aromatic heterocycles. The SMILES string of the molecule is CC(=O)c1ccc(N2CCN(C(=O)N3CCN(C4CCC4)CC3)CC2)cc1. The van der Waals surface area contributed by atoms with Gasteiger partial charge in [-0.3, -0.25) is 9.69 Å². The maximum absolute atomic E-state index is 12.9. The van der Waals surface area contributed by atoms with E-state index in [1.165, 1.54) is 19.3 Å². The Morgan fingerprint density at radius 2 is 1.37 bits per heavy atom. The maximum atomic E-state index is 12.9. The number of amides is 2. The lowest BCUT2D eigenvalue weighted by molar-refractivity contribution is 0.0630. The zero-order chi connectivity index (χ0) is 18.8. The van der Waals surface area contributed by atoms with Crippen LogP contribution in [0.2, 0.25) is 0 Å². The standard InChI is InChI=1S/C21H30N4O2/c1-17(26)18-5-7-20(8-6-18)23-11-15-25(16-12-23)21(27)24-13-9-22(10-14-24)19-3-2-4-19/h5-8,19H,2-4,9-16H2,1H3. The molecule has 0 spiro atoms. The Labute approximate surface area is 161 Å². The molecule has 0 N–H and O–H groups in total. The van der Waals surface area contributed by atoms with Gasteiger partial charge in [0, 0.05) is 69.7 Å². The summed E-state index contributed by atoms with van der Waals surface area (Å²) in [5, 5.41) is 0. The lowest BCUT2D eigenvalue weighted by atomic mass is 9.91. The van der Waals surface area contributed by atoms with Crippen molar-refractivity contribution in [2.24, 2.45) is 0 Å². The molecule has 3 fully saturated rings. The molecule has 0 atom stereocenters. The Morgan fingerprint density at radius 3 is 1.85 bits per heavy atom. The molecule has 2 aliphatic heterocycles. The predicted octanol–water partition coefficient (Wildman–Crippen LogP) is 2.30. The minimum absolute atomic E-state index is 0.0920. The van der Waals surface area contributed by atoms with E-state index in [1.807, 2.05) is 34.1 Å². The summed E-state index contributed by atoms with van der Waals surface area (Å²) in [5.41, 5.74) is 1.87. The van der Waals surface area contributed by atoms with Crippen molar-refractivity contribution in [3.63, 3.8) is 0 Å². The van der Waals surface area contributed by atoms with Gasteiger partial charge >= 0.3 is 6.03 Å². The number of anilines is 1. The monoisotopic (exact) mass is 370 g/mol. The predicted molar refractivity (Wildman–Crippen MR) is 106 cm³/mol. The molecule has 1 aliphatic carbocycles. The number of hydrogen-bond donors (Lipinski definition) is 0. The highest BCUT2D eigenvalue weighted by Crippen LogP contribution is 2.26. The summed E-state index contributed by atoms with van der Waals surface area (Å²) in [6.45, 7) is 8.57. The van der Waals surface area contributed by atoms with Crippen LogP contribution in [0.3, 0.4) is 0 Å². The van der Waals surface area contributed by atoms with E-state index in [0.29, 0.717) is 0 Å². The van der Waals surface area contributed by atoms with Crippen LogP contribution in [0, 0.1) is 0 Å². The molecule has 6 heteroatoms. The average Bonchev–Trinajstić information content (AvgIpc) is 2.67. The fourth-order valence-electron chi connectivity index (χ4n) is 4.29. The van der Waals surface area contributed by atoms with Gasteiger partial charge in [-0.25, -0.2) is 4.79 Å². The second-order valence-electron chi connectivity index (χ2n) is 7.97. The molecule has 0 bridgehead atoms. The van der Waals surface area contributed by atoms with Gasteiger partial charge in [0.2, 0.25) is 0 Å². The summed E-state index contributed by atoms with van der Waals surface area (Å²) in [6.07, 6.45) is 4.04. The van der Waals surface area contributed by atoms with Crippen LogP contribution in [0.5, 0.6) is 0 Å². The quantitative estimate of drug-likeness (QED) is 0.766. The van der Waals surface area contributed by atoms with Crippen LogP contribution >= 0.6 is 0 Å². The molecule has 2 amide bonds. The summed E-state index contributed by atoms with van der Waals surface area (Å²) in [4.78, 5) is 33.2. The topological polar surface area (TPSA) is 47.1 Å². The Kier molecular flexibility index (Phi) is 5.34. The van der Waals surface area contributed by atoms with Crippen LogP contribution in [-0.2, 0) is 0 Å². The molecule has 2 heterocycles. The summed E-state index contributed by atoms with van der Waals surface area (Å²) in [6, 6.07) is 8.77. The molecule has 146 valence electrons. The van der Waals surface area contributed by atoms with E-state index >= 15 is 0 Å². The van der Waals surface area contributed by atoms with E-state index in [9.17, 15) is 9.59 Å². The lowest BCUT2D eigenvalue weighted by Gasteiger charge is -2.44. The highest BCUT2D eigenvalue weighted by Gasteiger charge is 2.31. The van der Waals surface area contributed by atoms with Gasteiger partial charge in [0.05, 0.1) is 0 Å². The molecular formula is C21H30N4O2. The average molecular weight is 370 g/mol. The van der Waals surface area contributed by atoms with E-state index in [1.54, 1.807) is 6.92 Å². The van der Waals surface area contributed by atoms with Gasteiger partial charge in [-0.15, -0.1) is 0 Å². The zero-order valence-corrected chi connectivity index (χ0v) is 16.3. The molecule has 4 rings (SSSR count). The van der Waals surface area contributed by atoms with Crippen molar-refractivity contribution in [3.05, 3.63) is 29.8 Å². The molecule has 2 saturated heterocycles. The third kappa shape index (κ3) is 3.95. The van der Waals surface area contributed by atoms with Crippen LogP contribution in [0.25, 0.3) is 0 Å². The van der Waals surface area contributed by atoms with E-state index in [-0.39, 0.29) is 11.8 Å². The molecule has 1 saturated carbocycles. The minimum Gasteiger partial charge on any atom is -0.368 e. The first-order chi connectivity index (χ1) is 13.1. The number of piperazine rings is 2. The van der Waals surface area contributed by atoms with Crippen LogP contribution in [0.4, 0.5) is 10.5 Å². The molecular weight excluding hydrogens is 340 g/mol. The Balaban J connectivity index is 1.26. The highest BCUT2D eigenvalue weighted by molar-refractivity contribution is 5.94. The Bertz CT molecular complexity index is 670. The number of hydrogen-bond acceptors (Lipinski definition) is 4. The molecule has 1 aromatic rings. The van der Waals surface area contributed by atoms with Crippen molar-refractivity contribution in [2.45, 2.75) is 32.2 Å². The maximum Gasteiger partial charge on any atom is 0.320 e. The van der Waals surface area contributed by atoms with Gasteiger partial charge in [0.1, 0.15) is 0 Å². The Hall–Kier alpha value is -2.08. The normalized spacial score (nSPS) is 21.9. The first kappa shape index (κ1) is 18.3. The van der Waals surface area contributed by atoms with E-state index in [0.717, 1.165) is 69.7 Å². The van der Waals surface area contributed by atoms with Crippen LogP contribution in [0.1, 0.15) is 36.5 Å². The van der Waals surface area contributed by atoms with Crippen LogP contribution in [0.15, 0.2) is 24.3 Å². The number of rotatable bonds is 3. The molecule has 0 radical (unpaired) electrons. The summed E-state index contributed by atoms with van der Waals surface area (Å²) < 4.78 is 0. The van der Waals surface area contributed by atoms with Gasteiger partial charge in [-0.05, 0) is 44.0 Å². The summed E-state index contributed by atoms with van der Waals surface area (Å²) >= 11 is 0. The second kappa shape index (κ2) is 7.89. The molecule has 3 aliphatic rings. The number of carbonyl (C=O) groups is 2. The first-order valence-electron chi connectivity index (χ1n) is 10.3. The Morgan fingerprint density at radius 1 is 0.815 bits per heavy atom. The molecule has 0 unspecified atom stereocenters. The highest BCUT2D eigenvalue weighted by atomic mass is 16.2. The first-order valence-corrected chi connectivity index (χ1v) is 10.3. The van der Waals surface area contributed by atoms with Crippen molar-refractivity contribution < 1.29 is 9.59 Å². The number of Topliss-reactive ketones (excluding diaryl/α,β-unsaturated/α-hetero) is 1. The van der Waals surface area contributed by atoms with Crippen molar-refractivity contribution >= 4 is 17.5 Å². The molecule has 6 nitrogen and oxygen atoms in total. The second-order valence-corrected chi connectivity index (χ2v) is 7.97. The van der Waals surface area contributed by atoms with Crippen molar-refractivity contribution in [1.29, 1.82) is 0 Å². The third-order valence-electron chi connectivity index (χ3n) is 6.37. The fraction of sp³-hybridized carbons (Fsp3) is 0.619. The zero-order valence-electron chi connectivity index (χ0n) is 16.3. The molecule has 27 heavy (non-hydrogen) atoms. The van der Waals surface area contributed by atoms with Gasteiger partial charge < -0.3 is 14.7 Å². The number of benzene rings is 1. The van der Waals surface area contributed by atoms with E-state index in [2.05, 4.69) is 9.80 Å². The lowest BCUT2D eigenvalue weighted by Crippen LogP contribution is -2.58. The van der Waals surface area contributed by atoms with Crippen LogP contribution in [-0.4, -0.2) is 84.9 Å². The van der Waals surface area contributed by atoms with Crippen molar-refractivity contribution in [1.82, 2.24) is 14.7 Å². The summed E-state index contributed by atoms with van der Waals surface area (Å²) in [5.74, 6) is 0.0920. The van der Waals surface area contributed by atoms with Crippen molar-refractivity contribution in [2.75, 3.05) is 57.3 Å². The van der Waals surface area contributed by atoms with Gasteiger partial charge in [-0.2, -0.15) is 0 Å². The third-order valence-corrected chi connectivity index (χ3v) is 6.37. The van der Waals surface area contributed by atoms with Crippen LogP contribution < -0.4 is 4.90 Å². The molecule has 1 aromatic carbocycles. The number of urea groups is 1. The number of nitrogens with zero attached hydrogens (tertiary/aromatic N) is 4. The number of carbonyl (C=O) groups excluding carboxylic acids is 2. The van der Waals surface area contributed by atoms with E-state index in [4.69, 9.17) is 0 Å². The van der Waals surface area contributed by atoms with Crippen molar-refractivity contribution in [3.8, 4) is 0 Å². The fourth-order valence-corrected chi connectivity index (χ4v) is 4.29. The van der Waals surface area contributed by atoms with Gasteiger partial charge in [0.25, 0.3) is 0 Å².